The van der Waals surface area contributed by atoms with Crippen LogP contribution >= 0.6 is 30.5 Å². The zero-order valence-corrected chi connectivity index (χ0v) is 25.1. The Bertz CT molecular complexity index is 1720. The van der Waals surface area contributed by atoms with Crippen LogP contribution in [-0.2, 0) is 20.9 Å². The molecule has 1 amide bonds. The molecule has 0 atom stereocenters. The SMILES string of the molecule is CCC(CC)(c1ccc(NC(=O)CCc2sc(-n3cnc4ccccc43)nc2-c2ccc(Cl)cc2)cc1)P(=O)(O)O. The molecular formula is C30H30ClN4O4PS. The predicted molar refractivity (Wildman–Crippen MR) is 165 cm³/mol. The first-order chi connectivity index (χ1) is 19.6. The zero-order valence-electron chi connectivity index (χ0n) is 22.6. The molecule has 5 rings (SSSR count). The molecule has 0 radical (unpaired) electrons. The van der Waals surface area contributed by atoms with E-state index in [4.69, 9.17) is 16.6 Å². The van der Waals surface area contributed by atoms with Crippen LogP contribution in [0.5, 0.6) is 0 Å². The van der Waals surface area contributed by atoms with Crippen molar-refractivity contribution in [2.75, 3.05) is 5.32 Å². The Balaban J connectivity index is 1.36. The fourth-order valence-corrected chi connectivity index (χ4v) is 7.61. The second kappa shape index (κ2) is 11.9. The van der Waals surface area contributed by atoms with E-state index in [0.29, 0.717) is 35.5 Å². The van der Waals surface area contributed by atoms with Crippen LogP contribution in [0.3, 0.4) is 0 Å². The topological polar surface area (TPSA) is 117 Å². The summed E-state index contributed by atoms with van der Waals surface area (Å²) in [6.07, 6.45) is 3.07. The van der Waals surface area contributed by atoms with Crippen molar-refractivity contribution in [3.05, 3.63) is 94.6 Å². The average Bonchev–Trinajstić information content (AvgIpc) is 3.58. The van der Waals surface area contributed by atoms with Crippen molar-refractivity contribution in [1.29, 1.82) is 0 Å². The van der Waals surface area contributed by atoms with Crippen LogP contribution < -0.4 is 5.32 Å². The van der Waals surface area contributed by atoms with Gasteiger partial charge in [-0.05, 0) is 61.2 Å². The number of thiazole rings is 1. The van der Waals surface area contributed by atoms with E-state index in [1.165, 1.54) is 11.3 Å². The molecule has 11 heteroatoms. The van der Waals surface area contributed by atoms with Gasteiger partial charge in [0.2, 0.25) is 5.91 Å². The van der Waals surface area contributed by atoms with Gasteiger partial charge in [0, 0.05) is 27.6 Å². The number of nitrogens with one attached hydrogen (secondary N) is 1. The Kier molecular flexibility index (Phi) is 8.45. The van der Waals surface area contributed by atoms with Crippen molar-refractivity contribution in [2.24, 2.45) is 0 Å². The van der Waals surface area contributed by atoms with E-state index in [1.807, 2.05) is 53.1 Å². The van der Waals surface area contributed by atoms with Gasteiger partial charge in [-0.15, -0.1) is 11.3 Å². The molecule has 0 spiro atoms. The van der Waals surface area contributed by atoms with E-state index in [2.05, 4.69) is 10.3 Å². The highest BCUT2D eigenvalue weighted by Crippen LogP contribution is 2.60. The van der Waals surface area contributed by atoms with E-state index >= 15 is 0 Å². The second-order valence-corrected chi connectivity index (χ2v) is 13.2. The summed E-state index contributed by atoms with van der Waals surface area (Å²) in [5, 5.41) is 3.06. The molecule has 0 fully saturated rings. The Morgan fingerprint density at radius 2 is 1.71 bits per heavy atom. The molecule has 0 aliphatic heterocycles. The van der Waals surface area contributed by atoms with Crippen molar-refractivity contribution in [3.63, 3.8) is 0 Å². The predicted octanol–water partition coefficient (Wildman–Crippen LogP) is 7.57. The summed E-state index contributed by atoms with van der Waals surface area (Å²) in [7, 11) is -4.38. The molecular weight excluding hydrogens is 579 g/mol. The number of para-hydroxylation sites is 2. The normalized spacial score (nSPS) is 12.1. The van der Waals surface area contributed by atoms with E-state index in [1.54, 1.807) is 44.4 Å². The van der Waals surface area contributed by atoms with Crippen molar-refractivity contribution in [2.45, 2.75) is 44.7 Å². The molecule has 2 aromatic heterocycles. The summed E-state index contributed by atoms with van der Waals surface area (Å²) in [6.45, 7) is 3.55. The number of hydrogen-bond acceptors (Lipinski definition) is 5. The number of carbonyl (C=O) groups excluding carboxylic acids is 1. The molecule has 2 heterocycles. The van der Waals surface area contributed by atoms with Gasteiger partial charge >= 0.3 is 7.60 Å². The van der Waals surface area contributed by atoms with Gasteiger partial charge in [0.1, 0.15) is 6.33 Å². The number of aryl methyl sites for hydroxylation is 1. The lowest BCUT2D eigenvalue weighted by Crippen LogP contribution is -2.24. The van der Waals surface area contributed by atoms with Crippen LogP contribution in [0.15, 0.2) is 79.1 Å². The van der Waals surface area contributed by atoms with Gasteiger partial charge in [0.25, 0.3) is 0 Å². The first-order valence-corrected chi connectivity index (χ1v) is 16.1. The minimum absolute atomic E-state index is 0.171. The van der Waals surface area contributed by atoms with Crippen LogP contribution in [0.2, 0.25) is 5.02 Å². The highest BCUT2D eigenvalue weighted by Gasteiger charge is 2.45. The molecule has 8 nitrogen and oxygen atoms in total. The maximum absolute atomic E-state index is 13.0. The summed E-state index contributed by atoms with van der Waals surface area (Å²) in [5.74, 6) is -0.171. The third-order valence-corrected chi connectivity index (χ3v) is 10.8. The van der Waals surface area contributed by atoms with Gasteiger partial charge in [0.15, 0.2) is 5.13 Å². The summed E-state index contributed by atoms with van der Waals surface area (Å²) >= 11 is 7.64. The standard InChI is InChI=1S/C30H30ClN4O4PS/c1-3-30(4-2,40(37,38)39)21-11-15-23(16-12-21)33-27(36)18-17-26-28(20-9-13-22(31)14-10-20)34-29(41-26)35-19-32-24-7-5-6-8-25(24)35/h5-16,19H,3-4,17-18H2,1-2H3,(H,33,36)(H2,37,38,39). The van der Waals surface area contributed by atoms with Crippen LogP contribution in [-0.4, -0.2) is 30.2 Å². The van der Waals surface area contributed by atoms with Crippen LogP contribution in [0.1, 0.15) is 43.6 Å². The van der Waals surface area contributed by atoms with Gasteiger partial charge < -0.3 is 15.1 Å². The molecule has 212 valence electrons. The Morgan fingerprint density at radius 3 is 2.37 bits per heavy atom. The molecule has 5 aromatic rings. The molecule has 3 N–H and O–H groups in total. The number of imidazole rings is 1. The minimum atomic E-state index is -4.38. The molecule has 0 saturated carbocycles. The lowest BCUT2D eigenvalue weighted by molar-refractivity contribution is -0.116. The van der Waals surface area contributed by atoms with E-state index in [-0.39, 0.29) is 12.3 Å². The molecule has 0 aliphatic carbocycles. The molecule has 0 bridgehead atoms. The fourth-order valence-electron chi connectivity index (χ4n) is 5.11. The number of nitrogens with zero attached hydrogens (tertiary/aromatic N) is 3. The number of benzene rings is 3. The highest BCUT2D eigenvalue weighted by molar-refractivity contribution is 7.53. The number of fused-ring (bicyclic) bond motifs is 1. The minimum Gasteiger partial charge on any atom is -0.326 e. The van der Waals surface area contributed by atoms with Crippen molar-refractivity contribution >= 4 is 53.2 Å². The number of aromatic nitrogens is 3. The van der Waals surface area contributed by atoms with Crippen molar-refractivity contribution in [1.82, 2.24) is 14.5 Å². The third kappa shape index (κ3) is 5.87. The molecule has 0 unspecified atom stereocenters. The number of halogens is 1. The summed E-state index contributed by atoms with van der Waals surface area (Å²) < 4.78 is 14.2. The Hall–Kier alpha value is -3.33. The maximum atomic E-state index is 13.0. The second-order valence-electron chi connectivity index (χ2n) is 9.79. The quantitative estimate of drug-likeness (QED) is 0.141. The zero-order chi connectivity index (χ0) is 29.2. The summed E-state index contributed by atoms with van der Waals surface area (Å²) in [4.78, 5) is 43.4. The van der Waals surface area contributed by atoms with Crippen molar-refractivity contribution < 1.29 is 19.1 Å². The average molecular weight is 609 g/mol. The fraction of sp³-hybridized carbons (Fsp3) is 0.233. The molecule has 0 saturated heterocycles. The maximum Gasteiger partial charge on any atom is 0.335 e. The van der Waals surface area contributed by atoms with E-state index < -0.39 is 12.8 Å². The smallest absolute Gasteiger partial charge is 0.326 e. The van der Waals surface area contributed by atoms with Crippen LogP contribution in [0.25, 0.3) is 27.4 Å². The summed E-state index contributed by atoms with van der Waals surface area (Å²) in [5.41, 5.74) is 4.66. The van der Waals surface area contributed by atoms with Crippen LogP contribution in [0.4, 0.5) is 5.69 Å². The van der Waals surface area contributed by atoms with Crippen LogP contribution in [0, 0.1) is 0 Å². The van der Waals surface area contributed by atoms with Gasteiger partial charge in [0.05, 0.1) is 21.9 Å². The van der Waals surface area contributed by atoms with Gasteiger partial charge in [-0.25, -0.2) is 9.97 Å². The number of rotatable bonds is 10. The Labute approximate surface area is 247 Å². The number of hydrogen-bond donors (Lipinski definition) is 3. The monoisotopic (exact) mass is 608 g/mol. The summed E-state index contributed by atoms with van der Waals surface area (Å²) in [6, 6.07) is 22.1. The highest BCUT2D eigenvalue weighted by atomic mass is 35.5. The largest absolute Gasteiger partial charge is 0.335 e. The van der Waals surface area contributed by atoms with E-state index in [0.717, 1.165) is 32.3 Å². The first kappa shape index (κ1) is 29.2. The van der Waals surface area contributed by atoms with Gasteiger partial charge in [-0.3, -0.25) is 13.9 Å². The van der Waals surface area contributed by atoms with Gasteiger partial charge in [-0.2, -0.15) is 0 Å². The van der Waals surface area contributed by atoms with Gasteiger partial charge in [-0.1, -0.05) is 61.8 Å². The lowest BCUT2D eigenvalue weighted by atomic mass is 9.92. The lowest BCUT2D eigenvalue weighted by Gasteiger charge is -2.33. The first-order valence-electron chi connectivity index (χ1n) is 13.3. The molecule has 0 aliphatic rings. The van der Waals surface area contributed by atoms with Crippen molar-refractivity contribution in [3.8, 4) is 16.4 Å². The number of carbonyl (C=O) groups is 1. The Morgan fingerprint density at radius 1 is 1.02 bits per heavy atom. The molecule has 41 heavy (non-hydrogen) atoms. The number of amides is 1. The number of anilines is 1. The third-order valence-electron chi connectivity index (χ3n) is 7.48. The van der Waals surface area contributed by atoms with E-state index in [9.17, 15) is 19.1 Å². The molecule has 3 aromatic carbocycles.